The predicted octanol–water partition coefficient (Wildman–Crippen LogP) is 2.89. The first-order valence-electron chi connectivity index (χ1n) is 7.88. The molecular formula is C16H16F5O7S-. The summed E-state index contributed by atoms with van der Waals surface area (Å²) >= 11 is 0. The zero-order valence-corrected chi connectivity index (χ0v) is 15.9. The Balaban J connectivity index is 2.69. The highest BCUT2D eigenvalue weighted by atomic mass is 32.2. The highest BCUT2D eigenvalue weighted by Crippen LogP contribution is 2.41. The minimum absolute atomic E-state index is 0.0983. The third kappa shape index (κ3) is 5.63. The van der Waals surface area contributed by atoms with Crippen molar-refractivity contribution in [1.29, 1.82) is 0 Å². The first-order chi connectivity index (χ1) is 13.1. The van der Waals surface area contributed by atoms with E-state index < -0.39 is 58.5 Å². The third-order valence-corrected chi connectivity index (χ3v) is 4.89. The number of halogens is 5. The van der Waals surface area contributed by atoms with Crippen molar-refractivity contribution in [2.24, 2.45) is 5.41 Å². The van der Waals surface area contributed by atoms with Crippen molar-refractivity contribution in [3.8, 4) is 0 Å². The smallest absolute Gasteiger partial charge is 0.428 e. The zero-order chi connectivity index (χ0) is 22.7. The van der Waals surface area contributed by atoms with Crippen LogP contribution in [0.15, 0.2) is 24.3 Å². The molecule has 0 aliphatic heterocycles. The monoisotopic (exact) mass is 447 g/mol. The van der Waals surface area contributed by atoms with Gasteiger partial charge in [0.15, 0.2) is 15.5 Å². The molecule has 1 rings (SSSR count). The summed E-state index contributed by atoms with van der Waals surface area (Å²) in [5, 5.41) is -5.24. The van der Waals surface area contributed by atoms with Crippen molar-refractivity contribution in [1.82, 2.24) is 0 Å². The van der Waals surface area contributed by atoms with Crippen LogP contribution in [0, 0.1) is 5.41 Å². The van der Waals surface area contributed by atoms with Gasteiger partial charge in [-0.2, -0.15) is 22.0 Å². The van der Waals surface area contributed by atoms with Crippen LogP contribution in [0.4, 0.5) is 22.0 Å². The second-order valence-electron chi connectivity index (χ2n) is 6.12. The second kappa shape index (κ2) is 8.61. The van der Waals surface area contributed by atoms with Gasteiger partial charge in [0.2, 0.25) is 0 Å². The topological polar surface area (TPSA) is 110 Å². The summed E-state index contributed by atoms with van der Waals surface area (Å²) in [5.74, 6) is -4.01. The lowest BCUT2D eigenvalue weighted by molar-refractivity contribution is -0.231. The van der Waals surface area contributed by atoms with E-state index in [1.165, 1.54) is 31.2 Å². The fourth-order valence-corrected chi connectivity index (χ4v) is 2.10. The Bertz CT molecular complexity index is 849. The lowest BCUT2D eigenvalue weighted by Gasteiger charge is -2.28. The quantitative estimate of drug-likeness (QED) is 0.342. The van der Waals surface area contributed by atoms with Crippen LogP contribution in [-0.4, -0.2) is 36.3 Å². The maximum atomic E-state index is 13.0. The highest BCUT2D eigenvalue weighted by Gasteiger charge is 2.56. The normalized spacial score (nSPS) is 14.8. The van der Waals surface area contributed by atoms with E-state index in [4.69, 9.17) is 0 Å². The summed E-state index contributed by atoms with van der Waals surface area (Å²) in [7, 11) is -6.24. The number of hydrogen-bond donors (Lipinski definition) is 0. The molecule has 0 spiro atoms. The van der Waals surface area contributed by atoms with Crippen molar-refractivity contribution in [2.45, 2.75) is 44.9 Å². The van der Waals surface area contributed by atoms with Crippen LogP contribution in [0.5, 0.6) is 0 Å². The molecule has 1 atom stereocenters. The Labute approximate surface area is 162 Å². The Morgan fingerprint density at radius 1 is 0.931 bits per heavy atom. The van der Waals surface area contributed by atoms with E-state index in [0.29, 0.717) is 6.92 Å². The minimum Gasteiger partial charge on any atom is -0.743 e. The molecule has 0 aliphatic carbocycles. The molecule has 0 amide bonds. The molecule has 0 fully saturated rings. The van der Waals surface area contributed by atoms with Gasteiger partial charge in [0.1, 0.15) is 13.2 Å². The SMILES string of the molecule is CCC(C)(C(=O)OCc1ccc(COC(=O)C(F)(F)S(=O)(=O)[O-])cc1)C(F)(F)F. The van der Waals surface area contributed by atoms with E-state index in [9.17, 15) is 44.5 Å². The van der Waals surface area contributed by atoms with Crippen LogP contribution >= 0.6 is 0 Å². The number of carbonyl (C=O) groups excluding carboxylic acids is 2. The van der Waals surface area contributed by atoms with Gasteiger partial charge in [0.05, 0.1) is 0 Å². The third-order valence-electron chi connectivity index (χ3n) is 4.10. The van der Waals surface area contributed by atoms with Crippen LogP contribution < -0.4 is 0 Å². The molecule has 0 aliphatic rings. The predicted molar refractivity (Wildman–Crippen MR) is 85.1 cm³/mol. The molecule has 1 aromatic carbocycles. The van der Waals surface area contributed by atoms with Crippen LogP contribution in [0.1, 0.15) is 31.4 Å². The molecule has 0 N–H and O–H groups in total. The molecule has 7 nitrogen and oxygen atoms in total. The van der Waals surface area contributed by atoms with Gasteiger partial charge in [-0.3, -0.25) is 4.79 Å². The van der Waals surface area contributed by atoms with Crippen LogP contribution in [-0.2, 0) is 42.4 Å². The van der Waals surface area contributed by atoms with Crippen molar-refractivity contribution in [2.75, 3.05) is 0 Å². The largest absolute Gasteiger partial charge is 0.743 e. The van der Waals surface area contributed by atoms with Gasteiger partial charge in [0, 0.05) is 0 Å². The Morgan fingerprint density at radius 3 is 1.62 bits per heavy atom. The average Bonchev–Trinajstić information content (AvgIpc) is 2.62. The molecule has 13 heteroatoms. The number of alkyl halides is 5. The molecule has 29 heavy (non-hydrogen) atoms. The number of carbonyl (C=O) groups is 2. The van der Waals surface area contributed by atoms with Gasteiger partial charge in [-0.25, -0.2) is 13.2 Å². The average molecular weight is 447 g/mol. The van der Waals surface area contributed by atoms with Crippen LogP contribution in [0.2, 0.25) is 0 Å². The summed E-state index contributed by atoms with van der Waals surface area (Å²) in [4.78, 5) is 22.8. The minimum atomic E-state index is -6.24. The second-order valence-corrected chi connectivity index (χ2v) is 7.54. The van der Waals surface area contributed by atoms with E-state index in [1.54, 1.807) is 0 Å². The van der Waals surface area contributed by atoms with E-state index >= 15 is 0 Å². The lowest BCUT2D eigenvalue weighted by atomic mass is 9.87. The molecule has 0 heterocycles. The van der Waals surface area contributed by atoms with Crippen molar-refractivity contribution < 1.29 is 54.0 Å². The van der Waals surface area contributed by atoms with Gasteiger partial charge >= 0.3 is 23.4 Å². The van der Waals surface area contributed by atoms with Crippen molar-refractivity contribution >= 4 is 22.1 Å². The highest BCUT2D eigenvalue weighted by molar-refractivity contribution is 7.87. The zero-order valence-electron chi connectivity index (χ0n) is 15.1. The number of rotatable bonds is 8. The molecule has 1 aromatic rings. The molecular weight excluding hydrogens is 431 g/mol. The summed E-state index contributed by atoms with van der Waals surface area (Å²) < 4.78 is 105. The van der Waals surface area contributed by atoms with E-state index in [-0.39, 0.29) is 11.1 Å². The molecule has 0 saturated carbocycles. The number of esters is 2. The first-order valence-corrected chi connectivity index (χ1v) is 9.29. The van der Waals surface area contributed by atoms with Gasteiger partial charge in [-0.1, -0.05) is 31.2 Å². The molecule has 0 aromatic heterocycles. The molecule has 0 saturated heterocycles. The molecule has 164 valence electrons. The van der Waals surface area contributed by atoms with Crippen molar-refractivity contribution in [3.63, 3.8) is 0 Å². The maximum absolute atomic E-state index is 13.0. The molecule has 1 unspecified atom stereocenters. The summed E-state index contributed by atoms with van der Waals surface area (Å²) in [6, 6.07) is 4.94. The van der Waals surface area contributed by atoms with Gasteiger partial charge in [0.25, 0.3) is 0 Å². The van der Waals surface area contributed by atoms with E-state index in [2.05, 4.69) is 9.47 Å². The Hall–Kier alpha value is -2.28. The first kappa shape index (κ1) is 24.8. The van der Waals surface area contributed by atoms with E-state index in [1.807, 2.05) is 0 Å². The van der Waals surface area contributed by atoms with Crippen molar-refractivity contribution in [3.05, 3.63) is 35.4 Å². The van der Waals surface area contributed by atoms with Crippen LogP contribution in [0.3, 0.4) is 0 Å². The summed E-state index contributed by atoms with van der Waals surface area (Å²) in [6.45, 7) is 0.597. The maximum Gasteiger partial charge on any atom is 0.428 e. The standard InChI is InChI=1S/C16H17F5O7S/c1-3-14(2,16(19,20)21)12(22)27-8-10-4-6-11(7-5-10)9-28-13(23)15(17,18)29(24,25)26/h4-7H,3,8-9H2,1-2H3,(H,24,25,26)/p-1. The van der Waals surface area contributed by atoms with Gasteiger partial charge in [-0.15, -0.1) is 0 Å². The summed E-state index contributed by atoms with van der Waals surface area (Å²) in [6.07, 6.45) is -5.32. The molecule has 0 radical (unpaired) electrons. The van der Waals surface area contributed by atoms with E-state index in [0.717, 1.165) is 0 Å². The Morgan fingerprint density at radius 2 is 1.31 bits per heavy atom. The molecule has 0 bridgehead atoms. The van der Waals surface area contributed by atoms with Gasteiger partial charge in [-0.05, 0) is 24.5 Å². The van der Waals surface area contributed by atoms with Gasteiger partial charge < -0.3 is 14.0 Å². The summed E-state index contributed by atoms with van der Waals surface area (Å²) in [5.41, 5.74) is -2.32. The van der Waals surface area contributed by atoms with Crippen LogP contribution in [0.25, 0.3) is 0 Å². The number of hydrogen-bond acceptors (Lipinski definition) is 7. The number of benzene rings is 1. The number of ether oxygens (including phenoxy) is 2. The lowest BCUT2D eigenvalue weighted by Crippen LogP contribution is -2.43. The Kier molecular flexibility index (Phi) is 7.35. The fraction of sp³-hybridized carbons (Fsp3) is 0.500. The fourth-order valence-electron chi connectivity index (χ4n) is 1.84.